The Morgan fingerprint density at radius 3 is 2.57 bits per heavy atom. The minimum atomic E-state index is -0.955. The number of nitrogens with one attached hydrogen (secondary N) is 1. The van der Waals surface area contributed by atoms with Gasteiger partial charge in [0.25, 0.3) is 0 Å². The number of aryl methyl sites for hydroxylation is 2. The molecule has 0 amide bonds. The zero-order valence-corrected chi connectivity index (χ0v) is 9.25. The van der Waals surface area contributed by atoms with Crippen LogP contribution in [0.2, 0.25) is 0 Å². The lowest BCUT2D eigenvalue weighted by Gasteiger charge is -2.13. The van der Waals surface area contributed by atoms with Crippen LogP contribution in [-0.2, 0) is 6.42 Å². The molecule has 14 heavy (non-hydrogen) atoms. The molecule has 5 heteroatoms. The summed E-state index contributed by atoms with van der Waals surface area (Å²) in [7, 11) is 0. The van der Waals surface area contributed by atoms with Crippen molar-refractivity contribution in [2.45, 2.75) is 32.5 Å². The van der Waals surface area contributed by atoms with Crippen LogP contribution in [0.4, 0.5) is 0 Å². The normalized spacial score (nSPS) is 15.5. The van der Waals surface area contributed by atoms with Gasteiger partial charge in [-0.15, -0.1) is 0 Å². The first-order chi connectivity index (χ1) is 6.60. The van der Waals surface area contributed by atoms with E-state index in [1.165, 1.54) is 0 Å². The van der Waals surface area contributed by atoms with Gasteiger partial charge in [-0.05, 0) is 6.92 Å². The third kappa shape index (κ3) is 2.29. The molecular formula is C9H16N2O2S. The number of aromatic nitrogens is 2. The van der Waals surface area contributed by atoms with E-state index in [0.29, 0.717) is 5.69 Å². The zero-order chi connectivity index (χ0) is 10.7. The molecule has 0 saturated carbocycles. The fraction of sp³-hybridized carbons (Fsp3) is 0.667. The van der Waals surface area contributed by atoms with Crippen molar-refractivity contribution < 1.29 is 10.2 Å². The van der Waals surface area contributed by atoms with E-state index in [1.54, 1.807) is 0 Å². The first-order valence-corrected chi connectivity index (χ1v) is 5.25. The minimum absolute atomic E-state index is 0.217. The number of imidazole rings is 1. The second-order valence-corrected chi connectivity index (χ2v) is 3.61. The van der Waals surface area contributed by atoms with Crippen molar-refractivity contribution in [1.29, 1.82) is 0 Å². The lowest BCUT2D eigenvalue weighted by Crippen LogP contribution is -2.20. The van der Waals surface area contributed by atoms with Gasteiger partial charge in [0.05, 0.1) is 11.8 Å². The van der Waals surface area contributed by atoms with Gasteiger partial charge in [-0.2, -0.15) is 12.6 Å². The Bertz CT molecular complexity index is 301. The third-order valence-electron chi connectivity index (χ3n) is 2.14. The molecule has 1 aromatic rings. The van der Waals surface area contributed by atoms with E-state index in [0.717, 1.165) is 17.9 Å². The van der Waals surface area contributed by atoms with Gasteiger partial charge in [0.1, 0.15) is 11.9 Å². The van der Waals surface area contributed by atoms with Crippen molar-refractivity contribution >= 4 is 12.6 Å². The molecule has 80 valence electrons. The molecule has 0 fully saturated rings. The maximum atomic E-state index is 9.70. The predicted molar refractivity (Wildman–Crippen MR) is 57.5 cm³/mol. The Morgan fingerprint density at radius 2 is 2.14 bits per heavy atom. The minimum Gasteiger partial charge on any atom is -0.389 e. The predicted octanol–water partition coefficient (Wildman–Crippen LogP) is 0.605. The third-order valence-corrected chi connectivity index (χ3v) is 2.51. The van der Waals surface area contributed by atoms with Crippen molar-refractivity contribution in [1.82, 2.24) is 9.97 Å². The number of nitrogens with zero attached hydrogens (tertiary/aromatic N) is 1. The molecule has 2 atom stereocenters. The second-order valence-electron chi connectivity index (χ2n) is 3.24. The maximum Gasteiger partial charge on any atom is 0.124 e. The number of aliphatic hydroxyl groups excluding tert-OH is 2. The van der Waals surface area contributed by atoms with Crippen LogP contribution in [0, 0.1) is 6.92 Å². The zero-order valence-electron chi connectivity index (χ0n) is 8.36. The Morgan fingerprint density at radius 1 is 1.50 bits per heavy atom. The molecule has 1 aromatic heterocycles. The molecule has 0 spiro atoms. The highest BCUT2D eigenvalue weighted by molar-refractivity contribution is 7.80. The molecule has 0 radical (unpaired) electrons. The van der Waals surface area contributed by atoms with Crippen LogP contribution in [0.15, 0.2) is 0 Å². The van der Waals surface area contributed by atoms with E-state index in [2.05, 4.69) is 22.6 Å². The van der Waals surface area contributed by atoms with E-state index in [-0.39, 0.29) is 5.75 Å². The van der Waals surface area contributed by atoms with E-state index < -0.39 is 12.2 Å². The van der Waals surface area contributed by atoms with Gasteiger partial charge < -0.3 is 15.2 Å². The van der Waals surface area contributed by atoms with E-state index in [1.807, 2.05) is 13.8 Å². The summed E-state index contributed by atoms with van der Waals surface area (Å²) in [6.07, 6.45) is -1.04. The number of H-pyrrole nitrogens is 1. The number of aliphatic hydroxyl groups is 2. The Kier molecular flexibility index (Phi) is 3.97. The average molecular weight is 216 g/mol. The number of rotatable bonds is 4. The highest BCUT2D eigenvalue weighted by atomic mass is 32.1. The smallest absolute Gasteiger partial charge is 0.124 e. The molecule has 1 rings (SSSR count). The highest BCUT2D eigenvalue weighted by Gasteiger charge is 2.21. The van der Waals surface area contributed by atoms with Crippen molar-refractivity contribution in [3.8, 4) is 0 Å². The van der Waals surface area contributed by atoms with Crippen LogP contribution in [0.5, 0.6) is 0 Å². The molecule has 0 saturated heterocycles. The SMILES string of the molecule is CCc1nc(C(O)C(O)CS)c(C)[nH]1. The van der Waals surface area contributed by atoms with Crippen LogP contribution in [0.3, 0.4) is 0 Å². The summed E-state index contributed by atoms with van der Waals surface area (Å²) in [6, 6.07) is 0. The molecule has 1 heterocycles. The number of thiol groups is 1. The van der Waals surface area contributed by atoms with Gasteiger partial charge >= 0.3 is 0 Å². The van der Waals surface area contributed by atoms with Gasteiger partial charge in [-0.25, -0.2) is 4.98 Å². The summed E-state index contributed by atoms with van der Waals surface area (Å²) in [5.41, 5.74) is 1.32. The van der Waals surface area contributed by atoms with Crippen LogP contribution in [0.1, 0.15) is 30.2 Å². The Balaban J connectivity index is 2.88. The molecule has 3 N–H and O–H groups in total. The fourth-order valence-corrected chi connectivity index (χ4v) is 1.47. The summed E-state index contributed by atoms with van der Waals surface area (Å²) in [6.45, 7) is 3.80. The Labute approximate surface area is 88.8 Å². The summed E-state index contributed by atoms with van der Waals surface area (Å²) in [5, 5.41) is 19.1. The largest absolute Gasteiger partial charge is 0.389 e. The average Bonchev–Trinajstić information content (AvgIpc) is 2.57. The number of hydrogen-bond acceptors (Lipinski definition) is 4. The van der Waals surface area contributed by atoms with Crippen molar-refractivity contribution in [3.63, 3.8) is 0 Å². The molecule has 0 bridgehead atoms. The van der Waals surface area contributed by atoms with Gasteiger partial charge in [0, 0.05) is 17.9 Å². The van der Waals surface area contributed by atoms with E-state index in [9.17, 15) is 10.2 Å². The summed E-state index contributed by atoms with van der Waals surface area (Å²) >= 11 is 3.92. The van der Waals surface area contributed by atoms with Crippen molar-refractivity contribution in [2.75, 3.05) is 5.75 Å². The molecular weight excluding hydrogens is 200 g/mol. The highest BCUT2D eigenvalue weighted by Crippen LogP contribution is 2.19. The van der Waals surface area contributed by atoms with Crippen molar-refractivity contribution in [2.24, 2.45) is 0 Å². The lowest BCUT2D eigenvalue weighted by atomic mass is 10.1. The van der Waals surface area contributed by atoms with Crippen LogP contribution >= 0.6 is 12.6 Å². The summed E-state index contributed by atoms with van der Waals surface area (Å²) < 4.78 is 0. The standard InChI is InChI=1S/C9H16N2O2S/c1-3-7-10-5(2)8(11-7)9(13)6(12)4-14/h6,9,12-14H,3-4H2,1-2H3,(H,10,11). The Hall–Kier alpha value is -0.520. The molecule has 0 aliphatic heterocycles. The summed E-state index contributed by atoms with van der Waals surface area (Å²) in [4.78, 5) is 7.24. The van der Waals surface area contributed by atoms with Crippen LogP contribution in [-0.4, -0.2) is 32.0 Å². The topological polar surface area (TPSA) is 69.1 Å². The maximum absolute atomic E-state index is 9.70. The van der Waals surface area contributed by atoms with Gasteiger partial charge in [0.15, 0.2) is 0 Å². The molecule has 0 aromatic carbocycles. The summed E-state index contributed by atoms with van der Waals surface area (Å²) in [5.74, 6) is 1.04. The second kappa shape index (κ2) is 4.82. The molecule has 2 unspecified atom stereocenters. The quantitative estimate of drug-likeness (QED) is 0.557. The van der Waals surface area contributed by atoms with Gasteiger partial charge in [-0.1, -0.05) is 6.92 Å². The fourth-order valence-electron chi connectivity index (χ4n) is 1.28. The van der Waals surface area contributed by atoms with Crippen LogP contribution in [0.25, 0.3) is 0 Å². The molecule has 0 aliphatic carbocycles. The van der Waals surface area contributed by atoms with Gasteiger partial charge in [-0.3, -0.25) is 0 Å². The monoisotopic (exact) mass is 216 g/mol. The first-order valence-electron chi connectivity index (χ1n) is 4.62. The number of aromatic amines is 1. The van der Waals surface area contributed by atoms with E-state index >= 15 is 0 Å². The first kappa shape index (κ1) is 11.6. The van der Waals surface area contributed by atoms with Crippen LogP contribution < -0.4 is 0 Å². The lowest BCUT2D eigenvalue weighted by molar-refractivity contribution is 0.0308. The van der Waals surface area contributed by atoms with Gasteiger partial charge in [0.2, 0.25) is 0 Å². The number of hydrogen-bond donors (Lipinski definition) is 4. The van der Waals surface area contributed by atoms with E-state index in [4.69, 9.17) is 0 Å². The molecule has 4 nitrogen and oxygen atoms in total. The molecule has 0 aliphatic rings. The van der Waals surface area contributed by atoms with Crippen molar-refractivity contribution in [3.05, 3.63) is 17.2 Å².